The van der Waals surface area contributed by atoms with E-state index in [0.717, 1.165) is 16.5 Å². The molecule has 0 radical (unpaired) electrons. The van der Waals surface area contributed by atoms with Gasteiger partial charge >= 0.3 is 0 Å². The average molecular weight is 424 g/mol. The molecule has 5 nitrogen and oxygen atoms in total. The second-order valence-electron chi connectivity index (χ2n) is 8.86. The molecular weight excluding hydrogens is 393 g/mol. The third kappa shape index (κ3) is 5.32. The van der Waals surface area contributed by atoms with Crippen LogP contribution in [-0.4, -0.2) is 29.4 Å². The van der Waals surface area contributed by atoms with Crippen molar-refractivity contribution in [3.8, 4) is 0 Å². The number of hydrogen-bond acceptors (Lipinski definition) is 2. The zero-order valence-electron chi connectivity index (χ0n) is 18.5. The van der Waals surface area contributed by atoms with E-state index in [0.29, 0.717) is 12.0 Å². The maximum absolute atomic E-state index is 14.3. The van der Waals surface area contributed by atoms with Gasteiger partial charge in [0.1, 0.15) is 11.9 Å². The highest BCUT2D eigenvalue weighted by molar-refractivity contribution is 5.90. The van der Waals surface area contributed by atoms with Crippen molar-refractivity contribution in [3.05, 3.63) is 71.7 Å². The Morgan fingerprint density at radius 1 is 1.03 bits per heavy atom. The Hall–Kier alpha value is -3.15. The molecule has 3 N–H and O–H groups in total. The molecule has 0 aliphatic heterocycles. The number of nitrogens with one attached hydrogen (secondary N) is 3. The highest BCUT2D eigenvalue weighted by Gasteiger charge is 2.28. The first-order valence-electron chi connectivity index (χ1n) is 10.6. The zero-order valence-corrected chi connectivity index (χ0v) is 18.5. The number of para-hydroxylation sites is 1. The Morgan fingerprint density at radius 2 is 1.71 bits per heavy atom. The number of rotatable bonds is 8. The Labute approximate surface area is 182 Å². The fourth-order valence-corrected chi connectivity index (χ4v) is 3.60. The van der Waals surface area contributed by atoms with Gasteiger partial charge in [0.25, 0.3) is 0 Å². The molecule has 6 heteroatoms. The van der Waals surface area contributed by atoms with Gasteiger partial charge in [-0.25, -0.2) is 4.39 Å². The summed E-state index contributed by atoms with van der Waals surface area (Å²) in [6.07, 6.45) is 2.23. The van der Waals surface area contributed by atoms with E-state index in [2.05, 4.69) is 15.6 Å². The summed E-state index contributed by atoms with van der Waals surface area (Å²) in [5.74, 6) is -1.02. The van der Waals surface area contributed by atoms with Crippen molar-refractivity contribution in [2.45, 2.75) is 45.6 Å². The fourth-order valence-electron chi connectivity index (χ4n) is 3.60. The van der Waals surface area contributed by atoms with E-state index in [-0.39, 0.29) is 30.1 Å². The van der Waals surface area contributed by atoms with Crippen molar-refractivity contribution >= 4 is 22.7 Å². The van der Waals surface area contributed by atoms with Crippen LogP contribution < -0.4 is 10.6 Å². The largest absolute Gasteiger partial charge is 0.361 e. The SMILES string of the molecule is CC(C)C(=O)NC(Cc1c[nH]c2ccccc12)C(=O)NCC(C)(C)c1ccccc1F. The summed E-state index contributed by atoms with van der Waals surface area (Å²) in [7, 11) is 0. The van der Waals surface area contributed by atoms with Gasteiger partial charge in [-0.2, -0.15) is 0 Å². The van der Waals surface area contributed by atoms with Crippen molar-refractivity contribution in [2.24, 2.45) is 5.92 Å². The van der Waals surface area contributed by atoms with Gasteiger partial charge in [-0.1, -0.05) is 64.1 Å². The quantitative estimate of drug-likeness (QED) is 0.511. The Kier molecular flexibility index (Phi) is 6.78. The number of hydrogen-bond donors (Lipinski definition) is 3. The summed E-state index contributed by atoms with van der Waals surface area (Å²) in [4.78, 5) is 28.7. The highest BCUT2D eigenvalue weighted by atomic mass is 19.1. The van der Waals surface area contributed by atoms with E-state index in [1.807, 2.05) is 44.3 Å². The monoisotopic (exact) mass is 423 g/mol. The molecule has 3 aromatic rings. The molecule has 2 aromatic carbocycles. The van der Waals surface area contributed by atoms with E-state index in [4.69, 9.17) is 0 Å². The van der Waals surface area contributed by atoms with Crippen LogP contribution in [0.25, 0.3) is 10.9 Å². The summed E-state index contributed by atoms with van der Waals surface area (Å²) in [6, 6.07) is 13.7. The van der Waals surface area contributed by atoms with Crippen molar-refractivity contribution in [1.29, 1.82) is 0 Å². The van der Waals surface area contributed by atoms with Crippen LogP contribution in [0.5, 0.6) is 0 Å². The maximum Gasteiger partial charge on any atom is 0.242 e. The normalized spacial score (nSPS) is 12.7. The van der Waals surface area contributed by atoms with Crippen LogP contribution in [-0.2, 0) is 21.4 Å². The molecule has 1 heterocycles. The lowest BCUT2D eigenvalue weighted by atomic mass is 9.84. The summed E-state index contributed by atoms with van der Waals surface area (Å²) < 4.78 is 14.3. The van der Waals surface area contributed by atoms with Crippen molar-refractivity contribution in [2.75, 3.05) is 6.54 Å². The minimum atomic E-state index is -0.731. The second kappa shape index (κ2) is 9.33. The number of H-pyrrole nitrogens is 1. The van der Waals surface area contributed by atoms with Crippen LogP contribution in [0.4, 0.5) is 4.39 Å². The standard InChI is InChI=1S/C25H30FN3O2/c1-16(2)23(30)29-22(13-17-14-27-21-12-8-5-9-18(17)21)24(31)28-15-25(3,4)19-10-6-7-11-20(19)26/h5-12,14,16,22,27H,13,15H2,1-4H3,(H,28,31)(H,29,30). The van der Waals surface area contributed by atoms with Crippen LogP contribution in [0.15, 0.2) is 54.7 Å². The first-order valence-corrected chi connectivity index (χ1v) is 10.6. The van der Waals surface area contributed by atoms with Crippen molar-refractivity contribution in [3.63, 3.8) is 0 Å². The predicted molar refractivity (Wildman–Crippen MR) is 121 cm³/mol. The molecular formula is C25H30FN3O2. The fraction of sp³-hybridized carbons (Fsp3) is 0.360. The molecule has 31 heavy (non-hydrogen) atoms. The lowest BCUT2D eigenvalue weighted by Gasteiger charge is -2.28. The molecule has 0 spiro atoms. The highest BCUT2D eigenvalue weighted by Crippen LogP contribution is 2.25. The van der Waals surface area contributed by atoms with Crippen LogP contribution in [0.2, 0.25) is 0 Å². The first-order chi connectivity index (χ1) is 14.7. The lowest BCUT2D eigenvalue weighted by molar-refractivity contribution is -0.130. The number of halogens is 1. The van der Waals surface area contributed by atoms with Gasteiger partial charge in [-0.15, -0.1) is 0 Å². The molecule has 1 aromatic heterocycles. The second-order valence-corrected chi connectivity index (χ2v) is 8.86. The van der Waals surface area contributed by atoms with Crippen LogP contribution in [0.1, 0.15) is 38.8 Å². The summed E-state index contributed by atoms with van der Waals surface area (Å²) >= 11 is 0. The van der Waals surface area contributed by atoms with Crippen LogP contribution >= 0.6 is 0 Å². The summed E-state index contributed by atoms with van der Waals surface area (Å²) in [5, 5.41) is 6.81. The van der Waals surface area contributed by atoms with E-state index in [9.17, 15) is 14.0 Å². The van der Waals surface area contributed by atoms with Gasteiger partial charge in [0.05, 0.1) is 0 Å². The molecule has 0 saturated heterocycles. The number of carbonyl (C=O) groups is 2. The number of amides is 2. The number of carbonyl (C=O) groups excluding carboxylic acids is 2. The molecule has 1 unspecified atom stereocenters. The number of fused-ring (bicyclic) bond motifs is 1. The first kappa shape index (κ1) is 22.5. The Balaban J connectivity index is 1.77. The Bertz CT molecular complexity index is 1070. The van der Waals surface area contributed by atoms with Gasteiger partial charge in [0.2, 0.25) is 11.8 Å². The van der Waals surface area contributed by atoms with E-state index >= 15 is 0 Å². The maximum atomic E-state index is 14.3. The average Bonchev–Trinajstić information content (AvgIpc) is 3.14. The number of aromatic amines is 1. The topological polar surface area (TPSA) is 74.0 Å². The van der Waals surface area contributed by atoms with Crippen molar-refractivity contribution in [1.82, 2.24) is 15.6 Å². The van der Waals surface area contributed by atoms with Gasteiger partial charge in [-0.3, -0.25) is 9.59 Å². The third-order valence-electron chi connectivity index (χ3n) is 5.56. The summed E-state index contributed by atoms with van der Waals surface area (Å²) in [5.41, 5.74) is 1.87. The van der Waals surface area contributed by atoms with E-state index in [1.165, 1.54) is 6.07 Å². The molecule has 0 fully saturated rings. The lowest BCUT2D eigenvalue weighted by Crippen LogP contribution is -2.51. The molecule has 1 atom stereocenters. The van der Waals surface area contributed by atoms with Crippen molar-refractivity contribution < 1.29 is 14.0 Å². The predicted octanol–water partition coefficient (Wildman–Crippen LogP) is 4.08. The summed E-state index contributed by atoms with van der Waals surface area (Å²) in [6.45, 7) is 7.59. The third-order valence-corrected chi connectivity index (χ3v) is 5.56. The Morgan fingerprint density at radius 3 is 2.42 bits per heavy atom. The molecule has 0 aliphatic rings. The minimum Gasteiger partial charge on any atom is -0.361 e. The molecule has 164 valence electrons. The van der Waals surface area contributed by atoms with E-state index < -0.39 is 11.5 Å². The van der Waals surface area contributed by atoms with Crippen LogP contribution in [0.3, 0.4) is 0 Å². The minimum absolute atomic E-state index is 0.187. The van der Waals surface area contributed by atoms with Crippen LogP contribution in [0, 0.1) is 11.7 Å². The molecule has 3 rings (SSSR count). The van der Waals surface area contributed by atoms with E-state index in [1.54, 1.807) is 32.0 Å². The zero-order chi connectivity index (χ0) is 22.6. The number of aromatic nitrogens is 1. The molecule has 0 bridgehead atoms. The smallest absolute Gasteiger partial charge is 0.242 e. The number of benzene rings is 2. The van der Waals surface area contributed by atoms with Gasteiger partial charge in [-0.05, 0) is 23.3 Å². The van der Waals surface area contributed by atoms with Gasteiger partial charge in [0, 0.05) is 41.4 Å². The molecule has 2 amide bonds. The van der Waals surface area contributed by atoms with Gasteiger partial charge < -0.3 is 15.6 Å². The molecule has 0 saturated carbocycles. The van der Waals surface area contributed by atoms with Gasteiger partial charge in [0.15, 0.2) is 0 Å². The molecule has 0 aliphatic carbocycles.